The van der Waals surface area contributed by atoms with Crippen LogP contribution in [0.3, 0.4) is 0 Å². The lowest BCUT2D eigenvalue weighted by atomic mass is 9.83. The summed E-state index contributed by atoms with van der Waals surface area (Å²) in [5.74, 6) is -0.849. The van der Waals surface area contributed by atoms with Gasteiger partial charge >= 0.3 is 5.97 Å². The van der Waals surface area contributed by atoms with Gasteiger partial charge in [-0.05, 0) is 36.5 Å². The van der Waals surface area contributed by atoms with Crippen LogP contribution in [0.1, 0.15) is 69.9 Å². The zero-order valence-corrected chi connectivity index (χ0v) is 22.4. The van der Waals surface area contributed by atoms with E-state index >= 15 is 0 Å². The number of rotatable bonds is 13. The Balaban J connectivity index is 1.86. The number of amides is 2. The van der Waals surface area contributed by atoms with Crippen LogP contribution in [0.15, 0.2) is 18.2 Å². The number of carbonyl (C=O) groups is 3. The van der Waals surface area contributed by atoms with Gasteiger partial charge in [0.25, 0.3) is 0 Å². The van der Waals surface area contributed by atoms with E-state index in [1.54, 1.807) is 11.9 Å². The van der Waals surface area contributed by atoms with Crippen molar-refractivity contribution in [2.24, 2.45) is 5.92 Å². The number of unbranched alkanes of at least 4 members (excludes halogenated alkanes) is 2. The van der Waals surface area contributed by atoms with Gasteiger partial charge in [0, 0.05) is 58.5 Å². The first-order valence-corrected chi connectivity index (χ1v) is 13.5. The summed E-state index contributed by atoms with van der Waals surface area (Å²) in [5.41, 5.74) is 2.10. The van der Waals surface area contributed by atoms with Crippen molar-refractivity contribution in [2.75, 3.05) is 46.4 Å². The van der Waals surface area contributed by atoms with Crippen molar-refractivity contribution in [1.29, 1.82) is 0 Å². The van der Waals surface area contributed by atoms with Crippen molar-refractivity contribution in [1.82, 2.24) is 14.7 Å². The number of benzene rings is 1. The van der Waals surface area contributed by atoms with Gasteiger partial charge in [0.1, 0.15) is 5.75 Å². The number of ether oxygens (including phenoxy) is 1. The molecule has 0 spiro atoms. The summed E-state index contributed by atoms with van der Waals surface area (Å²) in [7, 11) is 1.73. The first-order valence-electron chi connectivity index (χ1n) is 13.5. The van der Waals surface area contributed by atoms with E-state index in [9.17, 15) is 19.5 Å². The van der Waals surface area contributed by atoms with Gasteiger partial charge in [-0.1, -0.05) is 38.8 Å². The molecule has 1 saturated heterocycles. The molecule has 0 bridgehead atoms. The fourth-order valence-corrected chi connectivity index (χ4v) is 5.44. The van der Waals surface area contributed by atoms with Crippen LogP contribution < -0.4 is 4.74 Å². The molecule has 0 saturated carbocycles. The summed E-state index contributed by atoms with van der Waals surface area (Å²) in [5, 5.41) is 10.3. The summed E-state index contributed by atoms with van der Waals surface area (Å²) in [6, 6.07) is 5.67. The maximum Gasteiger partial charge on any atom is 0.308 e. The Hall–Kier alpha value is -2.61. The fourth-order valence-electron chi connectivity index (χ4n) is 5.44. The maximum atomic E-state index is 13.4. The van der Waals surface area contributed by atoms with Gasteiger partial charge in [-0.25, -0.2) is 0 Å². The van der Waals surface area contributed by atoms with Gasteiger partial charge in [-0.2, -0.15) is 0 Å². The van der Waals surface area contributed by atoms with Crippen LogP contribution in [0.25, 0.3) is 0 Å². The Morgan fingerprint density at radius 2 is 1.81 bits per heavy atom. The molecule has 2 aliphatic heterocycles. The average Bonchev–Trinajstić information content (AvgIpc) is 3.46. The van der Waals surface area contributed by atoms with Gasteiger partial charge in [0.2, 0.25) is 11.8 Å². The number of hydrogen-bond acceptors (Lipinski definition) is 5. The first kappa shape index (κ1) is 28.0. The third kappa shape index (κ3) is 6.78. The Labute approximate surface area is 215 Å². The molecule has 0 aromatic heterocycles. The minimum Gasteiger partial charge on any atom is -0.493 e. The van der Waals surface area contributed by atoms with Crippen LogP contribution in [0.5, 0.6) is 5.75 Å². The Bertz CT molecular complexity index is 912. The van der Waals surface area contributed by atoms with Crippen molar-refractivity contribution in [3.8, 4) is 5.75 Å². The molecule has 1 aromatic carbocycles. The van der Waals surface area contributed by atoms with Crippen LogP contribution in [0.4, 0.5) is 0 Å². The van der Waals surface area contributed by atoms with Crippen molar-refractivity contribution < 1.29 is 24.2 Å². The van der Waals surface area contributed by atoms with Gasteiger partial charge in [0.15, 0.2) is 0 Å². The minimum absolute atomic E-state index is 0.0528. The molecule has 36 heavy (non-hydrogen) atoms. The zero-order chi connectivity index (χ0) is 26.2. The normalized spacial score (nSPS) is 21.2. The monoisotopic (exact) mass is 501 g/mol. The molecular weight excluding hydrogens is 458 g/mol. The quantitative estimate of drug-likeness (QED) is 0.446. The lowest BCUT2D eigenvalue weighted by Gasteiger charge is -2.30. The molecule has 0 radical (unpaired) electrons. The van der Waals surface area contributed by atoms with Crippen molar-refractivity contribution in [2.45, 2.75) is 71.3 Å². The van der Waals surface area contributed by atoms with E-state index in [0.717, 1.165) is 62.1 Å². The molecule has 3 atom stereocenters. The Morgan fingerprint density at radius 1 is 1.11 bits per heavy atom. The average molecular weight is 502 g/mol. The topological polar surface area (TPSA) is 90.4 Å². The number of fused-ring (bicyclic) bond motifs is 1. The molecule has 1 fully saturated rings. The van der Waals surface area contributed by atoms with Crippen LogP contribution in [0, 0.1) is 5.92 Å². The maximum absolute atomic E-state index is 13.4. The summed E-state index contributed by atoms with van der Waals surface area (Å²) < 4.78 is 5.65. The van der Waals surface area contributed by atoms with Crippen LogP contribution in [-0.4, -0.2) is 90.0 Å². The van der Waals surface area contributed by atoms with Crippen molar-refractivity contribution in [3.63, 3.8) is 0 Å². The number of carbonyl (C=O) groups excluding carboxylic acids is 2. The smallest absolute Gasteiger partial charge is 0.308 e. The number of aliphatic carboxylic acids is 1. The second-order valence-corrected chi connectivity index (χ2v) is 10.3. The van der Waals surface area contributed by atoms with E-state index in [2.05, 4.69) is 24.8 Å². The van der Waals surface area contributed by atoms with E-state index in [4.69, 9.17) is 4.74 Å². The summed E-state index contributed by atoms with van der Waals surface area (Å²) in [6.07, 6.45) is 5.29. The van der Waals surface area contributed by atoms with E-state index in [1.165, 1.54) is 6.92 Å². The van der Waals surface area contributed by atoms with E-state index in [0.29, 0.717) is 26.1 Å². The second kappa shape index (κ2) is 13.1. The number of hydrogen-bond donors (Lipinski definition) is 1. The standard InChI is InChI=1S/C28H43N3O5/c1-5-7-13-30(14-8-6-2)26(33)19-31-18-23(21-9-10-25-22(17-21)12-16-36-25)27(28(34)35)24(31)11-15-29(4)20(3)32/h9-10,17,23-24,27H,5-8,11-16,18-19H2,1-4H3,(H,34,35)/t23-,24+,27-/m1/s1. The highest BCUT2D eigenvalue weighted by Gasteiger charge is 2.47. The highest BCUT2D eigenvalue weighted by Crippen LogP contribution is 2.41. The Kier molecular flexibility index (Phi) is 10.2. The Morgan fingerprint density at radius 3 is 2.42 bits per heavy atom. The van der Waals surface area contributed by atoms with Gasteiger partial charge in [-0.15, -0.1) is 0 Å². The highest BCUT2D eigenvalue weighted by molar-refractivity contribution is 5.79. The molecule has 8 heteroatoms. The second-order valence-electron chi connectivity index (χ2n) is 10.3. The molecule has 2 heterocycles. The van der Waals surface area contributed by atoms with Crippen LogP contribution in [-0.2, 0) is 20.8 Å². The lowest BCUT2D eigenvalue weighted by Crippen LogP contribution is -2.45. The van der Waals surface area contributed by atoms with Gasteiger partial charge in [-0.3, -0.25) is 19.3 Å². The fraction of sp³-hybridized carbons (Fsp3) is 0.679. The van der Waals surface area contributed by atoms with Crippen molar-refractivity contribution >= 4 is 17.8 Å². The molecule has 3 rings (SSSR count). The van der Waals surface area contributed by atoms with Crippen LogP contribution >= 0.6 is 0 Å². The minimum atomic E-state index is -0.851. The first-order chi connectivity index (χ1) is 17.3. The molecule has 2 amide bonds. The van der Waals surface area contributed by atoms with Crippen molar-refractivity contribution in [3.05, 3.63) is 29.3 Å². The van der Waals surface area contributed by atoms with E-state index in [-0.39, 0.29) is 30.3 Å². The van der Waals surface area contributed by atoms with Crippen LogP contribution in [0.2, 0.25) is 0 Å². The molecule has 1 N–H and O–H groups in total. The molecule has 200 valence electrons. The highest BCUT2D eigenvalue weighted by atomic mass is 16.5. The molecule has 2 aliphatic rings. The predicted octanol–water partition coefficient (Wildman–Crippen LogP) is 3.39. The third-order valence-corrected chi connectivity index (χ3v) is 7.73. The predicted molar refractivity (Wildman–Crippen MR) is 139 cm³/mol. The summed E-state index contributed by atoms with van der Waals surface area (Å²) in [4.78, 5) is 43.5. The third-order valence-electron chi connectivity index (χ3n) is 7.73. The summed E-state index contributed by atoms with van der Waals surface area (Å²) in [6.45, 7) is 9.03. The molecule has 0 aliphatic carbocycles. The number of carboxylic acid groups (broad SMARTS) is 1. The molecular formula is C28H43N3O5. The number of carboxylic acids is 1. The largest absolute Gasteiger partial charge is 0.493 e. The SMILES string of the molecule is CCCCN(CCCC)C(=O)CN1C[C@H](c2ccc3c(c2)CCO3)[C@@H](C(=O)O)[C@@H]1CCN(C)C(C)=O. The lowest BCUT2D eigenvalue weighted by molar-refractivity contribution is -0.144. The van der Waals surface area contributed by atoms with E-state index < -0.39 is 11.9 Å². The molecule has 0 unspecified atom stereocenters. The molecule has 1 aromatic rings. The number of nitrogens with zero attached hydrogens (tertiary/aromatic N) is 3. The number of likely N-dealkylation sites (tertiary alicyclic amines) is 1. The zero-order valence-electron chi connectivity index (χ0n) is 22.4. The molecule has 8 nitrogen and oxygen atoms in total. The summed E-state index contributed by atoms with van der Waals surface area (Å²) >= 11 is 0. The van der Waals surface area contributed by atoms with Gasteiger partial charge < -0.3 is 19.6 Å². The van der Waals surface area contributed by atoms with Gasteiger partial charge in [0.05, 0.1) is 19.1 Å². The van der Waals surface area contributed by atoms with E-state index in [1.807, 2.05) is 17.0 Å².